The first kappa shape index (κ1) is 14.4. The van der Waals surface area contributed by atoms with Crippen LogP contribution < -0.4 is 11.1 Å². The van der Waals surface area contributed by atoms with Crippen molar-refractivity contribution in [3.63, 3.8) is 0 Å². The van der Waals surface area contributed by atoms with Crippen molar-refractivity contribution in [1.29, 1.82) is 0 Å². The van der Waals surface area contributed by atoms with E-state index in [4.69, 9.17) is 5.73 Å². The lowest BCUT2D eigenvalue weighted by Crippen LogP contribution is -2.30. The maximum Gasteiger partial charge on any atom is 0.337 e. The van der Waals surface area contributed by atoms with Crippen molar-refractivity contribution in [2.45, 2.75) is 12.2 Å². The van der Waals surface area contributed by atoms with E-state index in [2.05, 4.69) is 10.1 Å². The molecule has 2 unspecified atom stereocenters. The van der Waals surface area contributed by atoms with E-state index in [0.717, 1.165) is 0 Å². The highest BCUT2D eigenvalue weighted by molar-refractivity contribution is 5.90. The molecule has 2 atom stereocenters. The van der Waals surface area contributed by atoms with Crippen molar-refractivity contribution < 1.29 is 19.7 Å². The highest BCUT2D eigenvalue weighted by atomic mass is 16.5. The molecular formula is C12H18N2O4. The molecule has 0 saturated heterocycles. The molecule has 6 nitrogen and oxygen atoms in total. The maximum atomic E-state index is 11.3. The van der Waals surface area contributed by atoms with Crippen molar-refractivity contribution >= 4 is 11.7 Å². The molecule has 0 spiro atoms. The molecular weight excluding hydrogens is 236 g/mol. The Balaban J connectivity index is 2.94. The van der Waals surface area contributed by atoms with Crippen LogP contribution in [0.15, 0.2) is 18.2 Å². The number of rotatable bonds is 5. The molecule has 1 rings (SSSR count). The van der Waals surface area contributed by atoms with E-state index in [1.165, 1.54) is 25.3 Å². The highest BCUT2D eigenvalue weighted by Gasteiger charge is 2.20. The molecule has 0 saturated carbocycles. The van der Waals surface area contributed by atoms with Crippen molar-refractivity contribution in [1.82, 2.24) is 5.32 Å². The second-order valence-electron chi connectivity index (χ2n) is 3.91. The Labute approximate surface area is 105 Å². The maximum absolute atomic E-state index is 11.3. The fourth-order valence-electron chi connectivity index (χ4n) is 1.62. The van der Waals surface area contributed by atoms with Crippen LogP contribution in [0.2, 0.25) is 0 Å². The normalized spacial score (nSPS) is 14.0. The van der Waals surface area contributed by atoms with Crippen LogP contribution >= 0.6 is 0 Å². The molecule has 0 aliphatic carbocycles. The number of carbonyl (C=O) groups is 1. The number of benzene rings is 1. The Morgan fingerprint density at radius 1 is 1.50 bits per heavy atom. The minimum atomic E-state index is -1.11. The Bertz CT molecular complexity index is 423. The van der Waals surface area contributed by atoms with Gasteiger partial charge < -0.3 is 26.0 Å². The summed E-state index contributed by atoms with van der Waals surface area (Å²) < 4.78 is 4.56. The van der Waals surface area contributed by atoms with Crippen LogP contribution in [0, 0.1) is 0 Å². The molecule has 0 aliphatic rings. The summed E-state index contributed by atoms with van der Waals surface area (Å²) in [6.45, 7) is 0.235. The van der Waals surface area contributed by atoms with Gasteiger partial charge in [-0.2, -0.15) is 0 Å². The van der Waals surface area contributed by atoms with Crippen molar-refractivity contribution in [2.75, 3.05) is 26.4 Å². The van der Waals surface area contributed by atoms with Gasteiger partial charge in [0.25, 0.3) is 0 Å². The summed E-state index contributed by atoms with van der Waals surface area (Å²) in [7, 11) is 2.94. The first-order valence-corrected chi connectivity index (χ1v) is 5.49. The third-order valence-corrected chi connectivity index (χ3v) is 2.60. The molecule has 5 N–H and O–H groups in total. The van der Waals surface area contributed by atoms with E-state index >= 15 is 0 Å². The summed E-state index contributed by atoms with van der Waals surface area (Å²) in [5, 5.41) is 22.3. The van der Waals surface area contributed by atoms with E-state index in [1.54, 1.807) is 7.05 Å². The molecule has 0 radical (unpaired) electrons. The van der Waals surface area contributed by atoms with Gasteiger partial charge in [-0.05, 0) is 19.2 Å². The molecule has 0 aliphatic heterocycles. The molecule has 100 valence electrons. The number of aliphatic hydroxyl groups excluding tert-OH is 2. The van der Waals surface area contributed by atoms with Crippen LogP contribution in [-0.4, -0.2) is 43.0 Å². The van der Waals surface area contributed by atoms with Crippen LogP contribution in [0.25, 0.3) is 0 Å². The zero-order chi connectivity index (χ0) is 13.7. The van der Waals surface area contributed by atoms with Crippen LogP contribution in [0.1, 0.15) is 22.0 Å². The molecule has 0 fully saturated rings. The summed E-state index contributed by atoms with van der Waals surface area (Å²) in [6, 6.07) is 4.41. The number of ether oxygens (including phenoxy) is 1. The van der Waals surface area contributed by atoms with Gasteiger partial charge in [0.1, 0.15) is 6.10 Å². The third kappa shape index (κ3) is 3.19. The molecule has 18 heavy (non-hydrogen) atoms. The van der Waals surface area contributed by atoms with Gasteiger partial charge in [-0.25, -0.2) is 4.79 Å². The first-order valence-electron chi connectivity index (χ1n) is 5.49. The van der Waals surface area contributed by atoms with Gasteiger partial charge in [0.15, 0.2) is 0 Å². The summed E-state index contributed by atoms with van der Waals surface area (Å²) in [6.07, 6.45) is -2.08. The molecule has 0 bridgehead atoms. The smallest absolute Gasteiger partial charge is 0.337 e. The molecule has 1 aromatic rings. The number of likely N-dealkylation sites (N-methyl/N-ethyl adjacent to an activating group) is 1. The predicted molar refractivity (Wildman–Crippen MR) is 67.1 cm³/mol. The zero-order valence-electron chi connectivity index (χ0n) is 10.4. The van der Waals surface area contributed by atoms with Crippen LogP contribution in [0.4, 0.5) is 5.69 Å². The number of hydrogen-bond acceptors (Lipinski definition) is 6. The van der Waals surface area contributed by atoms with Gasteiger partial charge in [0, 0.05) is 17.8 Å². The number of esters is 1. The first-order chi connectivity index (χ1) is 8.51. The van der Waals surface area contributed by atoms with Crippen LogP contribution in [-0.2, 0) is 4.74 Å². The number of nitrogens with one attached hydrogen (secondary N) is 1. The Morgan fingerprint density at radius 2 is 2.17 bits per heavy atom. The largest absolute Gasteiger partial charge is 0.465 e. The minimum Gasteiger partial charge on any atom is -0.465 e. The van der Waals surface area contributed by atoms with Crippen LogP contribution in [0.3, 0.4) is 0 Å². The van der Waals surface area contributed by atoms with Gasteiger partial charge in [0.2, 0.25) is 0 Å². The summed E-state index contributed by atoms with van der Waals surface area (Å²) in [5.74, 6) is -0.501. The average molecular weight is 254 g/mol. The van der Waals surface area contributed by atoms with Crippen LogP contribution in [0.5, 0.6) is 0 Å². The van der Waals surface area contributed by atoms with Gasteiger partial charge in [0.05, 0.1) is 18.8 Å². The number of aliphatic hydroxyl groups is 2. The Hall–Kier alpha value is -1.63. The SMILES string of the molecule is CNCC(O)C(O)c1ccc(C(=O)OC)cc1N. The van der Waals surface area contributed by atoms with E-state index in [1.807, 2.05) is 0 Å². The van der Waals surface area contributed by atoms with Gasteiger partial charge in [-0.3, -0.25) is 0 Å². The Kier molecular flexibility index (Phi) is 5.08. The van der Waals surface area contributed by atoms with Gasteiger partial charge >= 0.3 is 5.97 Å². The lowest BCUT2D eigenvalue weighted by Gasteiger charge is -2.19. The zero-order valence-corrected chi connectivity index (χ0v) is 10.4. The lowest BCUT2D eigenvalue weighted by atomic mass is 10.0. The Morgan fingerprint density at radius 3 is 2.67 bits per heavy atom. The predicted octanol–water partition coefficient (Wildman–Crippen LogP) is -0.331. The number of anilines is 1. The summed E-state index contributed by atoms with van der Waals surface area (Å²) in [4.78, 5) is 11.3. The van der Waals surface area contributed by atoms with Crippen molar-refractivity contribution in [2.24, 2.45) is 0 Å². The molecule has 0 heterocycles. The van der Waals surface area contributed by atoms with E-state index in [-0.39, 0.29) is 12.2 Å². The lowest BCUT2D eigenvalue weighted by molar-refractivity contribution is 0.0206. The summed E-state index contributed by atoms with van der Waals surface area (Å²) in [5.41, 5.74) is 6.67. The number of carbonyl (C=O) groups excluding carboxylic acids is 1. The molecule has 6 heteroatoms. The quantitative estimate of drug-likeness (QED) is 0.423. The number of hydrogen-bond donors (Lipinski definition) is 4. The molecule has 0 amide bonds. The second kappa shape index (κ2) is 6.34. The fourth-order valence-corrected chi connectivity index (χ4v) is 1.62. The molecule has 0 aromatic heterocycles. The van der Waals surface area contributed by atoms with Crippen molar-refractivity contribution in [3.8, 4) is 0 Å². The van der Waals surface area contributed by atoms with E-state index in [9.17, 15) is 15.0 Å². The fraction of sp³-hybridized carbons (Fsp3) is 0.417. The average Bonchev–Trinajstić information content (AvgIpc) is 2.37. The highest BCUT2D eigenvalue weighted by Crippen LogP contribution is 2.24. The standard InChI is InChI=1S/C12H18N2O4/c1-14-6-10(15)11(16)8-4-3-7(5-9(8)13)12(17)18-2/h3-5,10-11,14-16H,6,13H2,1-2H3. The molecule has 1 aromatic carbocycles. The number of nitrogen functional groups attached to an aromatic ring is 1. The second-order valence-corrected chi connectivity index (χ2v) is 3.91. The number of methoxy groups -OCH3 is 1. The van der Waals surface area contributed by atoms with Gasteiger partial charge in [-0.15, -0.1) is 0 Å². The third-order valence-electron chi connectivity index (χ3n) is 2.60. The van der Waals surface area contributed by atoms with E-state index < -0.39 is 18.2 Å². The monoisotopic (exact) mass is 254 g/mol. The van der Waals surface area contributed by atoms with Gasteiger partial charge in [-0.1, -0.05) is 6.07 Å². The van der Waals surface area contributed by atoms with E-state index in [0.29, 0.717) is 11.1 Å². The minimum absolute atomic E-state index is 0.235. The number of nitrogens with two attached hydrogens (primary N) is 1. The van der Waals surface area contributed by atoms with Crippen molar-refractivity contribution in [3.05, 3.63) is 29.3 Å². The summed E-state index contributed by atoms with van der Waals surface area (Å²) >= 11 is 0. The topological polar surface area (TPSA) is 105 Å².